The molecule has 0 bridgehead atoms. The minimum atomic E-state index is 0.0944. The van der Waals surface area contributed by atoms with Crippen LogP contribution in [0.4, 0.5) is 0 Å². The van der Waals surface area contributed by atoms with Crippen LogP contribution in [0.3, 0.4) is 0 Å². The summed E-state index contributed by atoms with van der Waals surface area (Å²) in [6, 6.07) is 0. The lowest BCUT2D eigenvalue weighted by Gasteiger charge is -2.21. The van der Waals surface area contributed by atoms with Gasteiger partial charge in [-0.3, -0.25) is 4.79 Å². The summed E-state index contributed by atoms with van der Waals surface area (Å²) >= 11 is 0. The van der Waals surface area contributed by atoms with Crippen molar-refractivity contribution < 1.29 is 9.53 Å². The molecule has 1 rings (SSSR count). The van der Waals surface area contributed by atoms with E-state index in [1.165, 1.54) is 32.1 Å². The molecule has 1 aliphatic rings. The fourth-order valence-corrected chi connectivity index (χ4v) is 2.29. The van der Waals surface area contributed by atoms with Crippen LogP contribution in [0.2, 0.25) is 0 Å². The smallest absolute Gasteiger partial charge is 0.233 e. The van der Waals surface area contributed by atoms with Gasteiger partial charge in [0.25, 0.3) is 0 Å². The summed E-state index contributed by atoms with van der Waals surface area (Å²) in [6.45, 7) is 2.85. The van der Waals surface area contributed by atoms with Crippen LogP contribution in [0.1, 0.15) is 38.5 Å². The number of rotatable bonds is 8. The van der Waals surface area contributed by atoms with E-state index >= 15 is 0 Å². The Morgan fingerprint density at radius 3 is 2.76 bits per heavy atom. The maximum atomic E-state index is 11.4. The van der Waals surface area contributed by atoms with E-state index in [-0.39, 0.29) is 5.91 Å². The fraction of sp³-hybridized carbons (Fsp3) is 0.923. The lowest BCUT2D eigenvalue weighted by atomic mass is 9.89. The quantitative estimate of drug-likeness (QED) is 0.631. The molecule has 1 amide bonds. The SMILES string of the molecule is COCCCNC(=O)CNCC1CCCCC1. The summed E-state index contributed by atoms with van der Waals surface area (Å²) in [4.78, 5) is 11.4. The zero-order valence-electron chi connectivity index (χ0n) is 11.0. The Morgan fingerprint density at radius 2 is 2.06 bits per heavy atom. The average molecular weight is 242 g/mol. The van der Waals surface area contributed by atoms with Crippen LogP contribution in [-0.2, 0) is 9.53 Å². The molecule has 0 heterocycles. The molecule has 4 nitrogen and oxygen atoms in total. The van der Waals surface area contributed by atoms with Gasteiger partial charge in [-0.2, -0.15) is 0 Å². The highest BCUT2D eigenvalue weighted by molar-refractivity contribution is 5.77. The third-order valence-electron chi connectivity index (χ3n) is 3.29. The van der Waals surface area contributed by atoms with Gasteiger partial charge in [-0.05, 0) is 31.7 Å². The first-order chi connectivity index (χ1) is 8.33. The van der Waals surface area contributed by atoms with E-state index in [1.807, 2.05) is 0 Å². The van der Waals surface area contributed by atoms with Gasteiger partial charge in [0.15, 0.2) is 0 Å². The monoisotopic (exact) mass is 242 g/mol. The molecule has 0 aromatic heterocycles. The normalized spacial score (nSPS) is 17.0. The third-order valence-corrected chi connectivity index (χ3v) is 3.29. The van der Waals surface area contributed by atoms with Crippen LogP contribution in [0, 0.1) is 5.92 Å². The minimum absolute atomic E-state index is 0.0944. The van der Waals surface area contributed by atoms with Crippen LogP contribution in [0.5, 0.6) is 0 Å². The lowest BCUT2D eigenvalue weighted by molar-refractivity contribution is -0.120. The molecule has 0 atom stereocenters. The molecule has 2 N–H and O–H groups in total. The van der Waals surface area contributed by atoms with Crippen LogP contribution in [0.25, 0.3) is 0 Å². The van der Waals surface area contributed by atoms with Crippen molar-refractivity contribution in [3.63, 3.8) is 0 Å². The van der Waals surface area contributed by atoms with Crippen molar-refractivity contribution in [3.05, 3.63) is 0 Å². The van der Waals surface area contributed by atoms with Crippen molar-refractivity contribution in [2.24, 2.45) is 5.92 Å². The van der Waals surface area contributed by atoms with Crippen molar-refractivity contribution in [2.45, 2.75) is 38.5 Å². The average Bonchev–Trinajstić information content (AvgIpc) is 2.36. The minimum Gasteiger partial charge on any atom is -0.385 e. The van der Waals surface area contributed by atoms with Gasteiger partial charge in [-0.25, -0.2) is 0 Å². The van der Waals surface area contributed by atoms with Gasteiger partial charge in [0.2, 0.25) is 5.91 Å². The topological polar surface area (TPSA) is 50.4 Å². The predicted octanol–water partition coefficient (Wildman–Crippen LogP) is 1.31. The first-order valence-electron chi connectivity index (χ1n) is 6.79. The van der Waals surface area contributed by atoms with E-state index in [0.29, 0.717) is 19.7 Å². The van der Waals surface area contributed by atoms with E-state index in [1.54, 1.807) is 7.11 Å². The second-order valence-corrected chi connectivity index (χ2v) is 4.83. The van der Waals surface area contributed by atoms with Gasteiger partial charge < -0.3 is 15.4 Å². The van der Waals surface area contributed by atoms with E-state index in [4.69, 9.17) is 4.74 Å². The Labute approximate surface area is 104 Å². The largest absolute Gasteiger partial charge is 0.385 e. The molecular formula is C13H26N2O2. The summed E-state index contributed by atoms with van der Waals surface area (Å²) in [5.74, 6) is 0.877. The van der Waals surface area contributed by atoms with Crippen molar-refractivity contribution in [1.29, 1.82) is 0 Å². The van der Waals surface area contributed by atoms with Gasteiger partial charge in [-0.1, -0.05) is 19.3 Å². The second-order valence-electron chi connectivity index (χ2n) is 4.83. The highest BCUT2D eigenvalue weighted by Gasteiger charge is 2.12. The first kappa shape index (κ1) is 14.5. The number of carbonyl (C=O) groups is 1. The molecule has 0 aromatic rings. The summed E-state index contributed by atoms with van der Waals surface area (Å²) < 4.78 is 4.92. The summed E-state index contributed by atoms with van der Waals surface area (Å²) in [7, 11) is 1.67. The van der Waals surface area contributed by atoms with Gasteiger partial charge in [-0.15, -0.1) is 0 Å². The number of carbonyl (C=O) groups excluding carboxylic acids is 1. The summed E-state index contributed by atoms with van der Waals surface area (Å²) in [5, 5.41) is 6.13. The summed E-state index contributed by atoms with van der Waals surface area (Å²) in [6.07, 6.45) is 7.62. The highest BCUT2D eigenvalue weighted by Crippen LogP contribution is 2.22. The zero-order chi connectivity index (χ0) is 12.3. The molecule has 17 heavy (non-hydrogen) atoms. The number of methoxy groups -OCH3 is 1. The maximum absolute atomic E-state index is 11.4. The van der Waals surface area contributed by atoms with Gasteiger partial charge in [0, 0.05) is 20.3 Å². The van der Waals surface area contributed by atoms with Gasteiger partial charge in [0.1, 0.15) is 0 Å². The number of hydrogen-bond acceptors (Lipinski definition) is 3. The van der Waals surface area contributed by atoms with Crippen molar-refractivity contribution >= 4 is 5.91 Å². The molecule has 0 radical (unpaired) electrons. The second kappa shape index (κ2) is 9.42. The molecule has 1 fully saturated rings. The van der Waals surface area contributed by atoms with E-state index in [0.717, 1.165) is 18.9 Å². The Hall–Kier alpha value is -0.610. The first-order valence-corrected chi connectivity index (χ1v) is 6.79. The molecule has 4 heteroatoms. The molecule has 0 unspecified atom stereocenters. The Kier molecular flexibility index (Phi) is 8.01. The molecule has 0 saturated heterocycles. The van der Waals surface area contributed by atoms with E-state index in [2.05, 4.69) is 10.6 Å². The number of amides is 1. The summed E-state index contributed by atoms with van der Waals surface area (Å²) in [5.41, 5.74) is 0. The Bertz CT molecular complexity index is 204. The van der Waals surface area contributed by atoms with E-state index < -0.39 is 0 Å². The molecule has 0 aromatic carbocycles. The van der Waals surface area contributed by atoms with Crippen LogP contribution < -0.4 is 10.6 Å². The molecule has 1 saturated carbocycles. The maximum Gasteiger partial charge on any atom is 0.233 e. The van der Waals surface area contributed by atoms with Crippen LogP contribution in [0.15, 0.2) is 0 Å². The molecule has 1 aliphatic carbocycles. The molecule has 0 spiro atoms. The lowest BCUT2D eigenvalue weighted by Crippen LogP contribution is -2.36. The zero-order valence-corrected chi connectivity index (χ0v) is 11.0. The Morgan fingerprint density at radius 1 is 1.29 bits per heavy atom. The molecule has 0 aliphatic heterocycles. The third kappa shape index (κ3) is 7.34. The van der Waals surface area contributed by atoms with Crippen molar-refractivity contribution in [2.75, 3.05) is 33.4 Å². The molecule has 100 valence electrons. The van der Waals surface area contributed by atoms with Crippen LogP contribution >= 0.6 is 0 Å². The van der Waals surface area contributed by atoms with Crippen LogP contribution in [-0.4, -0.2) is 39.3 Å². The van der Waals surface area contributed by atoms with Gasteiger partial charge in [0.05, 0.1) is 6.54 Å². The standard InChI is InChI=1S/C13H26N2O2/c1-17-9-5-8-15-13(16)11-14-10-12-6-3-2-4-7-12/h12,14H,2-11H2,1H3,(H,15,16). The fourth-order valence-electron chi connectivity index (χ4n) is 2.29. The number of hydrogen-bond donors (Lipinski definition) is 2. The predicted molar refractivity (Wildman–Crippen MR) is 68.9 cm³/mol. The van der Waals surface area contributed by atoms with Crippen molar-refractivity contribution in [1.82, 2.24) is 10.6 Å². The van der Waals surface area contributed by atoms with E-state index in [9.17, 15) is 4.79 Å². The number of nitrogens with one attached hydrogen (secondary N) is 2. The molecular weight excluding hydrogens is 216 g/mol. The highest BCUT2D eigenvalue weighted by atomic mass is 16.5. The number of ether oxygens (including phenoxy) is 1. The van der Waals surface area contributed by atoms with Crippen molar-refractivity contribution in [3.8, 4) is 0 Å². The van der Waals surface area contributed by atoms with Gasteiger partial charge >= 0.3 is 0 Å². The Balaban J connectivity index is 1.92.